The van der Waals surface area contributed by atoms with Gasteiger partial charge < -0.3 is 16.3 Å². The summed E-state index contributed by atoms with van der Waals surface area (Å²) in [6.45, 7) is 0. The van der Waals surface area contributed by atoms with Gasteiger partial charge in [0.1, 0.15) is 5.70 Å². The Kier molecular flexibility index (Phi) is 2.39. The van der Waals surface area contributed by atoms with E-state index in [2.05, 4.69) is 10.3 Å². The molecule has 2 heterocycles. The van der Waals surface area contributed by atoms with E-state index in [0.717, 1.165) is 0 Å². The largest absolute Gasteiger partial charge is 0.620 e. The van der Waals surface area contributed by atoms with Crippen LogP contribution in [0.5, 0.6) is 0 Å². The minimum absolute atomic E-state index is 0.0839. The molecule has 0 saturated carbocycles. The SMILES string of the molecule is NC(=O)C1=NC(=C2C=CC=CN2)[NH+]([O-])C1=O. The average molecular weight is 220 g/mol. The summed E-state index contributed by atoms with van der Waals surface area (Å²) in [5.74, 6) is -2.04. The Balaban J connectivity index is 2.44. The molecule has 0 aromatic heterocycles. The quantitative estimate of drug-likeness (QED) is 0.430. The van der Waals surface area contributed by atoms with Gasteiger partial charge in [-0.3, -0.25) is 9.86 Å². The highest BCUT2D eigenvalue weighted by molar-refractivity contribution is 6.63. The molecule has 1 atom stereocenters. The third-order valence-electron chi connectivity index (χ3n) is 2.06. The van der Waals surface area contributed by atoms with Gasteiger partial charge in [0.2, 0.25) is 5.71 Å². The summed E-state index contributed by atoms with van der Waals surface area (Å²) < 4.78 is 0. The third-order valence-corrected chi connectivity index (χ3v) is 2.06. The Hall–Kier alpha value is -2.25. The molecule has 82 valence electrons. The molecule has 2 rings (SSSR count). The van der Waals surface area contributed by atoms with Crippen molar-refractivity contribution in [3.05, 3.63) is 41.2 Å². The van der Waals surface area contributed by atoms with Crippen LogP contribution in [0.15, 0.2) is 40.9 Å². The molecule has 0 spiro atoms. The summed E-state index contributed by atoms with van der Waals surface area (Å²) in [7, 11) is 0. The van der Waals surface area contributed by atoms with E-state index in [9.17, 15) is 14.8 Å². The highest BCUT2D eigenvalue weighted by atomic mass is 16.5. The molecule has 2 aliphatic rings. The lowest BCUT2D eigenvalue weighted by Gasteiger charge is -2.15. The van der Waals surface area contributed by atoms with Crippen molar-refractivity contribution in [3.8, 4) is 0 Å². The van der Waals surface area contributed by atoms with E-state index in [-0.39, 0.29) is 5.82 Å². The van der Waals surface area contributed by atoms with Gasteiger partial charge in [-0.1, -0.05) is 6.08 Å². The summed E-state index contributed by atoms with van der Waals surface area (Å²) in [6.07, 6.45) is 6.55. The fourth-order valence-electron chi connectivity index (χ4n) is 1.32. The van der Waals surface area contributed by atoms with Crippen molar-refractivity contribution >= 4 is 17.5 Å². The van der Waals surface area contributed by atoms with Crippen molar-refractivity contribution in [2.45, 2.75) is 0 Å². The summed E-state index contributed by atoms with van der Waals surface area (Å²) in [5, 5.41) is 13.4. The maximum absolute atomic E-state index is 11.5. The van der Waals surface area contributed by atoms with Crippen LogP contribution >= 0.6 is 0 Å². The van der Waals surface area contributed by atoms with Crippen molar-refractivity contribution < 1.29 is 14.7 Å². The predicted molar refractivity (Wildman–Crippen MR) is 54.4 cm³/mol. The number of quaternary nitrogens is 1. The van der Waals surface area contributed by atoms with Gasteiger partial charge in [0.15, 0.2) is 0 Å². The predicted octanol–water partition coefficient (Wildman–Crippen LogP) is -2.32. The van der Waals surface area contributed by atoms with Gasteiger partial charge in [0.25, 0.3) is 11.7 Å². The fraction of sp³-hybridized carbons (Fsp3) is 0. The van der Waals surface area contributed by atoms with Crippen molar-refractivity contribution in [1.82, 2.24) is 5.32 Å². The van der Waals surface area contributed by atoms with E-state index >= 15 is 0 Å². The first-order valence-corrected chi connectivity index (χ1v) is 4.43. The van der Waals surface area contributed by atoms with Crippen LogP contribution in [0.2, 0.25) is 0 Å². The number of dihydropyridines is 1. The number of nitrogens with two attached hydrogens (primary N) is 1. The number of hydrogen-bond donors (Lipinski definition) is 3. The van der Waals surface area contributed by atoms with Gasteiger partial charge in [-0.15, -0.1) is 0 Å². The molecule has 0 aromatic rings. The van der Waals surface area contributed by atoms with Gasteiger partial charge in [0, 0.05) is 6.20 Å². The minimum atomic E-state index is -0.996. The van der Waals surface area contributed by atoms with E-state index in [1.807, 2.05) is 0 Å². The number of hydroxylamine groups is 2. The Bertz CT molecular complexity index is 487. The Morgan fingerprint density at radius 3 is 2.75 bits per heavy atom. The number of aliphatic imine (C=N–C) groups is 1. The molecule has 4 N–H and O–H groups in total. The Morgan fingerprint density at radius 1 is 1.50 bits per heavy atom. The molecular formula is C9H8N4O3. The first-order chi connectivity index (χ1) is 7.61. The van der Waals surface area contributed by atoms with Crippen molar-refractivity contribution in [3.63, 3.8) is 0 Å². The number of primary amides is 1. The molecule has 7 heteroatoms. The first kappa shape index (κ1) is 10.3. The monoisotopic (exact) mass is 220 g/mol. The lowest BCUT2D eigenvalue weighted by molar-refractivity contribution is -0.713. The fourth-order valence-corrected chi connectivity index (χ4v) is 1.32. The smallest absolute Gasteiger partial charge is 0.375 e. The van der Waals surface area contributed by atoms with Gasteiger partial charge in [-0.05, 0) is 12.2 Å². The molecule has 0 saturated heterocycles. The van der Waals surface area contributed by atoms with Crippen molar-refractivity contribution in [2.24, 2.45) is 10.7 Å². The van der Waals surface area contributed by atoms with Crippen LogP contribution in [-0.4, -0.2) is 17.5 Å². The minimum Gasteiger partial charge on any atom is -0.620 e. The molecule has 0 fully saturated rings. The Morgan fingerprint density at radius 2 is 2.25 bits per heavy atom. The molecule has 7 nitrogen and oxygen atoms in total. The van der Waals surface area contributed by atoms with Crippen LogP contribution in [0.3, 0.4) is 0 Å². The summed E-state index contributed by atoms with van der Waals surface area (Å²) in [4.78, 5) is 25.8. The van der Waals surface area contributed by atoms with Gasteiger partial charge in [0.05, 0.1) is 0 Å². The van der Waals surface area contributed by atoms with Crippen molar-refractivity contribution in [1.29, 1.82) is 0 Å². The number of amides is 2. The molecule has 0 aromatic carbocycles. The van der Waals surface area contributed by atoms with Crippen LogP contribution in [0.25, 0.3) is 0 Å². The van der Waals surface area contributed by atoms with E-state index in [4.69, 9.17) is 5.73 Å². The summed E-state index contributed by atoms with van der Waals surface area (Å²) in [5.41, 5.74) is 4.78. The highest BCUT2D eigenvalue weighted by Gasteiger charge is 2.36. The zero-order valence-corrected chi connectivity index (χ0v) is 8.06. The molecule has 16 heavy (non-hydrogen) atoms. The summed E-state index contributed by atoms with van der Waals surface area (Å²) >= 11 is 0. The lowest BCUT2D eigenvalue weighted by atomic mass is 10.3. The standard InChI is InChI=1S/C9H8N4O3/c10-7(14)6-9(15)13(16)8(12-6)5-3-1-2-4-11-5/h1-4,11,13H,(H2,10,14). The number of hydrogen-bond acceptors (Lipinski definition) is 5. The van der Waals surface area contributed by atoms with Crippen LogP contribution in [0.1, 0.15) is 0 Å². The number of carbonyl (C=O) groups is 2. The molecule has 2 amide bonds. The normalized spacial score (nSPS) is 27.9. The second-order valence-electron chi connectivity index (χ2n) is 3.11. The zero-order chi connectivity index (χ0) is 11.7. The molecule has 1 unspecified atom stereocenters. The average Bonchev–Trinajstić information content (AvgIpc) is 2.58. The maximum Gasteiger partial charge on any atom is 0.375 e. The zero-order valence-electron chi connectivity index (χ0n) is 8.06. The van der Waals surface area contributed by atoms with E-state index in [0.29, 0.717) is 5.70 Å². The highest BCUT2D eigenvalue weighted by Crippen LogP contribution is 2.06. The molecule has 0 aliphatic carbocycles. The summed E-state index contributed by atoms with van der Waals surface area (Å²) in [6, 6.07) is 0. The van der Waals surface area contributed by atoms with Crippen LogP contribution in [0.4, 0.5) is 0 Å². The van der Waals surface area contributed by atoms with Gasteiger partial charge in [-0.25, -0.2) is 4.79 Å². The number of carbonyl (C=O) groups excluding carboxylic acids is 2. The van der Waals surface area contributed by atoms with E-state index < -0.39 is 22.6 Å². The second-order valence-corrected chi connectivity index (χ2v) is 3.11. The molecule has 2 aliphatic heterocycles. The van der Waals surface area contributed by atoms with Crippen LogP contribution in [0, 0.1) is 5.21 Å². The number of allylic oxidation sites excluding steroid dienone is 3. The lowest BCUT2D eigenvalue weighted by Crippen LogP contribution is -3.07. The molecule has 0 radical (unpaired) electrons. The molecular weight excluding hydrogens is 212 g/mol. The van der Waals surface area contributed by atoms with E-state index in [1.165, 1.54) is 0 Å². The third kappa shape index (κ3) is 1.53. The van der Waals surface area contributed by atoms with E-state index in [1.54, 1.807) is 24.4 Å². The number of rotatable bonds is 1. The maximum atomic E-state index is 11.5. The van der Waals surface area contributed by atoms with Gasteiger partial charge in [-0.2, -0.15) is 4.99 Å². The topological polar surface area (TPSA) is 112 Å². The number of nitrogens with zero attached hydrogens (tertiary/aromatic N) is 1. The second kappa shape index (κ2) is 3.72. The van der Waals surface area contributed by atoms with Crippen molar-refractivity contribution in [2.75, 3.05) is 0 Å². The van der Waals surface area contributed by atoms with Crippen LogP contribution < -0.4 is 16.1 Å². The number of nitrogens with one attached hydrogen (secondary N) is 2. The van der Waals surface area contributed by atoms with Crippen LogP contribution in [-0.2, 0) is 9.59 Å². The molecule has 0 bridgehead atoms. The van der Waals surface area contributed by atoms with Gasteiger partial charge >= 0.3 is 5.91 Å². The Labute approximate surface area is 90.2 Å². The first-order valence-electron chi connectivity index (χ1n) is 4.43.